The SMILES string of the molecule is Cc1cc(C)c(O)c(C(=O)c2cn[nH]c2)c1. The maximum absolute atomic E-state index is 12.0. The molecule has 1 aromatic carbocycles. The molecule has 16 heavy (non-hydrogen) atoms. The molecule has 0 aliphatic carbocycles. The predicted octanol–water partition coefficient (Wildman–Crippen LogP) is 1.96. The fourth-order valence-corrected chi connectivity index (χ4v) is 1.66. The number of H-pyrrole nitrogens is 1. The Bertz CT molecular complexity index is 530. The van der Waals surface area contributed by atoms with Crippen molar-refractivity contribution in [2.75, 3.05) is 0 Å². The Labute approximate surface area is 92.9 Å². The van der Waals surface area contributed by atoms with Gasteiger partial charge in [0, 0.05) is 6.20 Å². The van der Waals surface area contributed by atoms with Crippen LogP contribution < -0.4 is 0 Å². The summed E-state index contributed by atoms with van der Waals surface area (Å²) in [6.07, 6.45) is 2.96. The molecule has 0 aliphatic heterocycles. The number of nitrogens with one attached hydrogen (secondary N) is 1. The molecule has 0 spiro atoms. The van der Waals surface area contributed by atoms with Crippen LogP contribution >= 0.6 is 0 Å². The molecule has 0 saturated heterocycles. The van der Waals surface area contributed by atoms with Gasteiger partial charge in [0.05, 0.1) is 17.3 Å². The maximum Gasteiger partial charge on any atom is 0.199 e. The van der Waals surface area contributed by atoms with Crippen molar-refractivity contribution in [3.8, 4) is 5.75 Å². The van der Waals surface area contributed by atoms with Gasteiger partial charge in [0.25, 0.3) is 0 Å². The molecule has 2 N–H and O–H groups in total. The summed E-state index contributed by atoms with van der Waals surface area (Å²) < 4.78 is 0. The molecule has 0 unspecified atom stereocenters. The lowest BCUT2D eigenvalue weighted by molar-refractivity contribution is 0.103. The van der Waals surface area contributed by atoms with Crippen LogP contribution in [0.25, 0.3) is 0 Å². The normalized spacial score (nSPS) is 10.4. The summed E-state index contributed by atoms with van der Waals surface area (Å²) in [5, 5.41) is 16.1. The van der Waals surface area contributed by atoms with E-state index in [9.17, 15) is 9.90 Å². The minimum absolute atomic E-state index is 0.0387. The highest BCUT2D eigenvalue weighted by Gasteiger charge is 2.16. The van der Waals surface area contributed by atoms with Crippen LogP contribution in [-0.2, 0) is 0 Å². The molecule has 4 nitrogen and oxygen atoms in total. The van der Waals surface area contributed by atoms with E-state index in [4.69, 9.17) is 0 Å². The van der Waals surface area contributed by atoms with Gasteiger partial charge in [-0.15, -0.1) is 0 Å². The Balaban J connectivity index is 2.52. The summed E-state index contributed by atoms with van der Waals surface area (Å²) in [6.45, 7) is 3.66. The Hall–Kier alpha value is -2.10. The number of hydrogen-bond acceptors (Lipinski definition) is 3. The Morgan fingerprint density at radius 1 is 1.38 bits per heavy atom. The van der Waals surface area contributed by atoms with Crippen molar-refractivity contribution in [3.05, 3.63) is 46.8 Å². The molecule has 82 valence electrons. The number of hydrogen-bond donors (Lipinski definition) is 2. The van der Waals surface area contributed by atoms with Crippen molar-refractivity contribution in [3.63, 3.8) is 0 Å². The number of aromatic nitrogens is 2. The monoisotopic (exact) mass is 216 g/mol. The van der Waals surface area contributed by atoms with Crippen LogP contribution in [0.15, 0.2) is 24.5 Å². The largest absolute Gasteiger partial charge is 0.507 e. The minimum atomic E-state index is -0.224. The van der Waals surface area contributed by atoms with E-state index < -0.39 is 0 Å². The zero-order valence-electron chi connectivity index (χ0n) is 9.11. The lowest BCUT2D eigenvalue weighted by Gasteiger charge is -2.06. The van der Waals surface area contributed by atoms with Crippen molar-refractivity contribution in [1.29, 1.82) is 0 Å². The average molecular weight is 216 g/mol. The van der Waals surface area contributed by atoms with Gasteiger partial charge < -0.3 is 5.11 Å². The number of ketones is 1. The van der Waals surface area contributed by atoms with Gasteiger partial charge in [-0.1, -0.05) is 6.07 Å². The highest BCUT2D eigenvalue weighted by Crippen LogP contribution is 2.25. The molecule has 1 heterocycles. The van der Waals surface area contributed by atoms with Gasteiger partial charge in [-0.3, -0.25) is 9.89 Å². The van der Waals surface area contributed by atoms with Gasteiger partial charge in [0.15, 0.2) is 5.78 Å². The Kier molecular flexibility index (Phi) is 2.48. The van der Waals surface area contributed by atoms with E-state index in [0.29, 0.717) is 16.7 Å². The van der Waals surface area contributed by atoms with Crippen LogP contribution in [0.3, 0.4) is 0 Å². The first-order chi connectivity index (χ1) is 7.59. The van der Waals surface area contributed by atoms with Gasteiger partial charge >= 0.3 is 0 Å². The van der Waals surface area contributed by atoms with Gasteiger partial charge in [-0.05, 0) is 31.0 Å². The highest BCUT2D eigenvalue weighted by atomic mass is 16.3. The van der Waals surface area contributed by atoms with Crippen molar-refractivity contribution < 1.29 is 9.90 Å². The highest BCUT2D eigenvalue weighted by molar-refractivity contribution is 6.10. The van der Waals surface area contributed by atoms with Crippen molar-refractivity contribution >= 4 is 5.78 Å². The average Bonchev–Trinajstić information content (AvgIpc) is 2.75. The summed E-state index contributed by atoms with van der Waals surface area (Å²) in [5.41, 5.74) is 2.41. The van der Waals surface area contributed by atoms with Crippen LogP contribution in [-0.4, -0.2) is 21.1 Å². The number of aromatic amines is 1. The van der Waals surface area contributed by atoms with E-state index in [0.717, 1.165) is 5.56 Å². The second-order valence-electron chi connectivity index (χ2n) is 3.79. The maximum atomic E-state index is 12.0. The molecule has 0 aliphatic rings. The van der Waals surface area contributed by atoms with Gasteiger partial charge in [-0.25, -0.2) is 0 Å². The van der Waals surface area contributed by atoms with E-state index in [1.165, 1.54) is 12.4 Å². The summed E-state index contributed by atoms with van der Waals surface area (Å²) in [5.74, 6) is -0.185. The quantitative estimate of drug-likeness (QED) is 0.754. The second kappa shape index (κ2) is 3.81. The van der Waals surface area contributed by atoms with Gasteiger partial charge in [0.1, 0.15) is 5.75 Å². The fourth-order valence-electron chi connectivity index (χ4n) is 1.66. The number of aryl methyl sites for hydroxylation is 2. The minimum Gasteiger partial charge on any atom is -0.507 e. The summed E-state index contributed by atoms with van der Waals surface area (Å²) >= 11 is 0. The molecule has 1 aromatic heterocycles. The molecule has 0 saturated carbocycles. The van der Waals surface area contributed by atoms with E-state index >= 15 is 0 Å². The number of phenols is 1. The molecule has 0 bridgehead atoms. The van der Waals surface area contributed by atoms with Crippen LogP contribution in [0.2, 0.25) is 0 Å². The number of nitrogens with zero attached hydrogens (tertiary/aromatic N) is 1. The predicted molar refractivity (Wildman–Crippen MR) is 59.6 cm³/mol. The summed E-state index contributed by atoms with van der Waals surface area (Å²) in [6, 6.07) is 3.51. The molecular weight excluding hydrogens is 204 g/mol. The molecule has 0 atom stereocenters. The van der Waals surface area contributed by atoms with Crippen molar-refractivity contribution in [2.45, 2.75) is 13.8 Å². The first-order valence-electron chi connectivity index (χ1n) is 4.93. The zero-order chi connectivity index (χ0) is 11.7. The lowest BCUT2D eigenvalue weighted by Crippen LogP contribution is -2.01. The second-order valence-corrected chi connectivity index (χ2v) is 3.79. The number of phenolic OH excluding ortho intramolecular Hbond substituents is 1. The molecule has 0 fully saturated rings. The third-order valence-corrected chi connectivity index (χ3v) is 2.45. The van der Waals surface area contributed by atoms with E-state index in [1.54, 1.807) is 13.0 Å². The number of benzene rings is 1. The molecule has 0 radical (unpaired) electrons. The van der Waals surface area contributed by atoms with Crippen molar-refractivity contribution in [1.82, 2.24) is 10.2 Å². The summed E-state index contributed by atoms with van der Waals surface area (Å²) in [4.78, 5) is 12.0. The Morgan fingerprint density at radius 2 is 2.12 bits per heavy atom. The molecule has 2 rings (SSSR count). The van der Waals surface area contributed by atoms with E-state index in [2.05, 4.69) is 10.2 Å². The standard InChI is InChI=1S/C12H12N2O2/c1-7-3-8(2)11(15)10(4-7)12(16)9-5-13-14-6-9/h3-6,15H,1-2H3,(H,13,14). The van der Waals surface area contributed by atoms with Crippen LogP contribution in [0.4, 0.5) is 0 Å². The first kappa shape index (κ1) is 10.4. The number of rotatable bonds is 2. The van der Waals surface area contributed by atoms with Crippen molar-refractivity contribution in [2.24, 2.45) is 0 Å². The van der Waals surface area contributed by atoms with Gasteiger partial charge in [-0.2, -0.15) is 5.10 Å². The summed E-state index contributed by atoms with van der Waals surface area (Å²) in [7, 11) is 0. The third-order valence-electron chi connectivity index (χ3n) is 2.45. The number of carbonyl (C=O) groups is 1. The number of carbonyl (C=O) groups excluding carboxylic acids is 1. The number of aromatic hydroxyl groups is 1. The third kappa shape index (κ3) is 1.69. The topological polar surface area (TPSA) is 66.0 Å². The zero-order valence-corrected chi connectivity index (χ0v) is 9.11. The fraction of sp³-hybridized carbons (Fsp3) is 0.167. The lowest BCUT2D eigenvalue weighted by atomic mass is 10.00. The first-order valence-corrected chi connectivity index (χ1v) is 4.93. The smallest absolute Gasteiger partial charge is 0.199 e. The molecular formula is C12H12N2O2. The molecule has 4 heteroatoms. The molecule has 0 amide bonds. The van der Waals surface area contributed by atoms with E-state index in [-0.39, 0.29) is 11.5 Å². The molecule has 2 aromatic rings. The van der Waals surface area contributed by atoms with Crippen LogP contribution in [0.5, 0.6) is 5.75 Å². The van der Waals surface area contributed by atoms with E-state index in [1.807, 2.05) is 13.0 Å². The van der Waals surface area contributed by atoms with Crippen LogP contribution in [0.1, 0.15) is 27.0 Å². The van der Waals surface area contributed by atoms with Gasteiger partial charge in [0.2, 0.25) is 0 Å². The van der Waals surface area contributed by atoms with Crippen LogP contribution in [0, 0.1) is 13.8 Å². The Morgan fingerprint density at radius 3 is 2.75 bits per heavy atom.